The molecule has 0 saturated carbocycles. The minimum Gasteiger partial charge on any atom is -0.452 e. The minimum atomic E-state index is -0.860. The standard InChI is InChI=1S/C18H22O4.C12H18O2.C3H3ClO/c1-7-15(19)21-17(3,4)13-10-9-11-14(12-13)18(5,6)22-16(20)8-2;1-11(2,13)9-6-5-7-10(8-9)12(3,4)14;1-2-3(4)5/h7-12H,1-2H2,3-6H3;5-8,13-14H,1-4H3;2H,1H2. The highest BCUT2D eigenvalue weighted by molar-refractivity contribution is 6.66. The van der Waals surface area contributed by atoms with E-state index in [1.165, 1.54) is 0 Å². The van der Waals surface area contributed by atoms with Gasteiger partial charge >= 0.3 is 11.9 Å². The zero-order valence-electron chi connectivity index (χ0n) is 25.3. The predicted molar refractivity (Wildman–Crippen MR) is 163 cm³/mol. The number of aliphatic hydroxyl groups is 2. The second-order valence-electron chi connectivity index (χ2n) is 11.1. The van der Waals surface area contributed by atoms with E-state index in [2.05, 4.69) is 19.7 Å². The maximum atomic E-state index is 11.4. The van der Waals surface area contributed by atoms with E-state index in [4.69, 9.17) is 21.1 Å². The molecule has 0 amide bonds. The van der Waals surface area contributed by atoms with Crippen LogP contribution >= 0.6 is 11.6 Å². The SMILES string of the molecule is C=CC(=O)Cl.C=CC(=O)OC(C)(C)c1cccc(C(C)(C)OC(=O)C=C)c1.CC(C)(O)c1cccc(C(C)(C)O)c1. The van der Waals surface area contributed by atoms with Crippen molar-refractivity contribution in [3.8, 4) is 0 Å². The molecule has 0 radical (unpaired) electrons. The van der Waals surface area contributed by atoms with Crippen LogP contribution in [0.15, 0.2) is 86.5 Å². The highest BCUT2D eigenvalue weighted by Gasteiger charge is 2.29. The van der Waals surface area contributed by atoms with Crippen molar-refractivity contribution in [1.29, 1.82) is 0 Å². The number of halogens is 1. The zero-order chi connectivity index (χ0) is 32.2. The first-order valence-corrected chi connectivity index (χ1v) is 13.2. The minimum absolute atomic E-state index is 0.493. The molecule has 0 bridgehead atoms. The van der Waals surface area contributed by atoms with Gasteiger partial charge in [-0.15, -0.1) is 0 Å². The first-order valence-electron chi connectivity index (χ1n) is 12.8. The van der Waals surface area contributed by atoms with Crippen LogP contribution in [0, 0.1) is 0 Å². The fourth-order valence-corrected chi connectivity index (χ4v) is 3.25. The van der Waals surface area contributed by atoms with E-state index in [1.54, 1.807) is 55.4 Å². The van der Waals surface area contributed by atoms with Crippen LogP contribution in [0.1, 0.15) is 77.6 Å². The molecule has 0 atom stereocenters. The van der Waals surface area contributed by atoms with Crippen LogP contribution in [0.2, 0.25) is 0 Å². The van der Waals surface area contributed by atoms with Gasteiger partial charge in [-0.2, -0.15) is 0 Å². The van der Waals surface area contributed by atoms with Crippen LogP contribution in [-0.2, 0) is 46.3 Å². The van der Waals surface area contributed by atoms with Crippen molar-refractivity contribution in [2.45, 2.75) is 77.8 Å². The van der Waals surface area contributed by atoms with E-state index in [0.717, 1.165) is 40.5 Å². The third-order valence-corrected chi connectivity index (χ3v) is 5.89. The second-order valence-corrected chi connectivity index (χ2v) is 11.4. The summed E-state index contributed by atoms with van der Waals surface area (Å²) in [5, 5.41) is 19.1. The highest BCUT2D eigenvalue weighted by Crippen LogP contribution is 2.31. The van der Waals surface area contributed by atoms with E-state index in [9.17, 15) is 24.6 Å². The Morgan fingerprint density at radius 1 is 0.634 bits per heavy atom. The first kappa shape index (κ1) is 37.5. The maximum Gasteiger partial charge on any atom is 0.331 e. The lowest BCUT2D eigenvalue weighted by Gasteiger charge is -2.29. The monoisotopic (exact) mass is 586 g/mol. The summed E-state index contributed by atoms with van der Waals surface area (Å²) in [6.07, 6.45) is 3.30. The molecule has 2 aromatic carbocycles. The molecule has 0 aliphatic carbocycles. The topological polar surface area (TPSA) is 110 Å². The van der Waals surface area contributed by atoms with Gasteiger partial charge in [0.2, 0.25) is 5.24 Å². The molecule has 0 aromatic heterocycles. The van der Waals surface area contributed by atoms with Gasteiger partial charge in [0.05, 0.1) is 11.2 Å². The number of esters is 2. The van der Waals surface area contributed by atoms with Crippen LogP contribution in [0.4, 0.5) is 0 Å². The Labute approximate surface area is 249 Å². The van der Waals surface area contributed by atoms with E-state index >= 15 is 0 Å². The molecule has 2 N–H and O–H groups in total. The summed E-state index contributed by atoms with van der Waals surface area (Å²) in [5.41, 5.74) is -0.137. The molecule has 0 spiro atoms. The fraction of sp³-hybridized carbons (Fsp3) is 0.364. The summed E-state index contributed by atoms with van der Waals surface area (Å²) >= 11 is 4.71. The molecule has 2 rings (SSSR count). The maximum absolute atomic E-state index is 11.4. The molecule has 0 heterocycles. The number of hydrogen-bond acceptors (Lipinski definition) is 7. The van der Waals surface area contributed by atoms with E-state index in [1.807, 2.05) is 48.5 Å². The Morgan fingerprint density at radius 3 is 1.15 bits per heavy atom. The number of hydrogen-bond donors (Lipinski definition) is 2. The molecule has 0 unspecified atom stereocenters. The molecule has 2 aromatic rings. The summed E-state index contributed by atoms with van der Waals surface area (Å²) in [6.45, 7) is 24.0. The van der Waals surface area contributed by atoms with E-state index in [0.29, 0.717) is 0 Å². The first-order chi connectivity index (χ1) is 18.6. The third-order valence-electron chi connectivity index (χ3n) is 5.73. The Bertz CT molecular complexity index is 1150. The fourth-order valence-electron chi connectivity index (χ4n) is 3.25. The highest BCUT2D eigenvalue weighted by atomic mass is 35.5. The molecule has 224 valence electrons. The number of ether oxygens (including phenoxy) is 2. The number of allylic oxidation sites excluding steroid dienone is 1. The average molecular weight is 587 g/mol. The third kappa shape index (κ3) is 13.6. The van der Waals surface area contributed by atoms with Gasteiger partial charge in [-0.1, -0.05) is 62.2 Å². The van der Waals surface area contributed by atoms with Gasteiger partial charge in [-0.25, -0.2) is 9.59 Å². The van der Waals surface area contributed by atoms with Crippen LogP contribution in [0.3, 0.4) is 0 Å². The van der Waals surface area contributed by atoms with Crippen molar-refractivity contribution in [2.75, 3.05) is 0 Å². The van der Waals surface area contributed by atoms with Crippen LogP contribution < -0.4 is 0 Å². The summed E-state index contributed by atoms with van der Waals surface area (Å²) < 4.78 is 10.7. The number of benzene rings is 2. The molecule has 41 heavy (non-hydrogen) atoms. The Balaban J connectivity index is 0.000000715. The van der Waals surface area contributed by atoms with Gasteiger partial charge in [0.15, 0.2) is 0 Å². The summed E-state index contributed by atoms with van der Waals surface area (Å²) in [7, 11) is 0. The molecular weight excluding hydrogens is 544 g/mol. The van der Waals surface area contributed by atoms with Crippen molar-refractivity contribution < 1.29 is 34.1 Å². The van der Waals surface area contributed by atoms with Gasteiger partial charge < -0.3 is 19.7 Å². The normalized spacial score (nSPS) is 11.4. The largest absolute Gasteiger partial charge is 0.452 e. The zero-order valence-corrected chi connectivity index (χ0v) is 26.0. The summed E-state index contributed by atoms with van der Waals surface area (Å²) in [4.78, 5) is 32.4. The van der Waals surface area contributed by atoms with Gasteiger partial charge in [-0.3, -0.25) is 4.79 Å². The van der Waals surface area contributed by atoms with Gasteiger partial charge in [0.1, 0.15) is 11.2 Å². The molecule has 7 nitrogen and oxygen atoms in total. The predicted octanol–water partition coefficient (Wildman–Crippen LogP) is 6.69. The summed E-state index contributed by atoms with van der Waals surface area (Å²) in [6, 6.07) is 14.8. The molecular formula is C33H43ClO7. The van der Waals surface area contributed by atoms with E-state index in [-0.39, 0.29) is 0 Å². The summed E-state index contributed by atoms with van der Waals surface area (Å²) in [5.74, 6) is -0.986. The molecule has 0 aliphatic heterocycles. The number of carbonyl (C=O) groups is 3. The van der Waals surface area contributed by atoms with Crippen molar-refractivity contribution >= 4 is 28.8 Å². The lowest BCUT2D eigenvalue weighted by atomic mass is 9.90. The van der Waals surface area contributed by atoms with Gasteiger partial charge in [0, 0.05) is 12.2 Å². The Kier molecular flexibility index (Phi) is 14.1. The van der Waals surface area contributed by atoms with Crippen molar-refractivity contribution in [2.24, 2.45) is 0 Å². The van der Waals surface area contributed by atoms with Gasteiger partial charge in [0.25, 0.3) is 0 Å². The second kappa shape index (κ2) is 15.5. The van der Waals surface area contributed by atoms with Crippen molar-refractivity contribution in [3.05, 3.63) is 109 Å². The molecule has 0 aliphatic rings. The Hall–Kier alpha value is -3.52. The molecule has 8 heteroatoms. The smallest absolute Gasteiger partial charge is 0.331 e. The lowest BCUT2D eigenvalue weighted by molar-refractivity contribution is -0.151. The average Bonchev–Trinajstić information content (AvgIpc) is 2.88. The van der Waals surface area contributed by atoms with Crippen LogP contribution in [0.5, 0.6) is 0 Å². The Morgan fingerprint density at radius 2 is 0.902 bits per heavy atom. The molecule has 0 saturated heterocycles. The van der Waals surface area contributed by atoms with E-state index < -0.39 is 39.6 Å². The number of carbonyl (C=O) groups excluding carboxylic acids is 3. The van der Waals surface area contributed by atoms with Crippen LogP contribution in [-0.4, -0.2) is 27.4 Å². The van der Waals surface area contributed by atoms with Crippen LogP contribution in [0.25, 0.3) is 0 Å². The number of rotatable bonds is 9. The van der Waals surface area contributed by atoms with Gasteiger partial charge in [-0.05, 0) is 101 Å². The molecule has 0 fully saturated rings. The lowest BCUT2D eigenvalue weighted by Crippen LogP contribution is -2.27. The quantitative estimate of drug-likeness (QED) is 0.191. The van der Waals surface area contributed by atoms with Crippen molar-refractivity contribution in [3.63, 3.8) is 0 Å². The van der Waals surface area contributed by atoms with Crippen molar-refractivity contribution in [1.82, 2.24) is 0 Å².